The molecule has 0 saturated heterocycles. The summed E-state index contributed by atoms with van der Waals surface area (Å²) in [5.74, 6) is -3.09. The monoisotopic (exact) mass is 494 g/mol. The molecule has 186 valence electrons. The van der Waals surface area contributed by atoms with Crippen molar-refractivity contribution >= 4 is 28.2 Å². The lowest BCUT2D eigenvalue weighted by molar-refractivity contribution is -0.254. The van der Waals surface area contributed by atoms with Crippen LogP contribution in [0.3, 0.4) is 0 Å². The highest BCUT2D eigenvalue weighted by Gasteiger charge is 2.61. The summed E-state index contributed by atoms with van der Waals surface area (Å²) in [5.41, 5.74) is -6.33. The molecule has 0 fully saturated rings. The van der Waals surface area contributed by atoms with Crippen molar-refractivity contribution in [2.75, 3.05) is 5.32 Å². The van der Waals surface area contributed by atoms with Crippen LogP contribution in [0.4, 0.5) is 23.2 Å². The molecule has 2 N–H and O–H groups in total. The highest BCUT2D eigenvalue weighted by Crippen LogP contribution is 2.43. The Hall–Kier alpha value is -3.60. The molecular formula is C24H22F4N2O5. The second kappa shape index (κ2) is 8.88. The second-order valence-corrected chi connectivity index (χ2v) is 8.93. The molecule has 0 bridgehead atoms. The standard InChI is InChI=1S/C24H22F4N2O5/c1-12-18-10-15(6-8-17(18)20(32)35-30-12)29-21(33)23(34,24(26,27)28)11-22(3,4)19-9-14(25)5-7-16(19)13(2)31/h5-10,34H,11H2,1-4H3,(H,29,33). The zero-order chi connectivity index (χ0) is 26.3. The van der Waals surface area contributed by atoms with E-state index in [4.69, 9.17) is 0 Å². The number of aryl methyl sites for hydroxylation is 1. The van der Waals surface area contributed by atoms with Gasteiger partial charge in [-0.1, -0.05) is 19.0 Å². The van der Waals surface area contributed by atoms with Crippen molar-refractivity contribution in [3.63, 3.8) is 0 Å². The number of hydrogen-bond donors (Lipinski definition) is 2. The van der Waals surface area contributed by atoms with E-state index >= 15 is 0 Å². The van der Waals surface area contributed by atoms with Gasteiger partial charge < -0.3 is 14.9 Å². The van der Waals surface area contributed by atoms with E-state index in [2.05, 4.69) is 9.68 Å². The largest absolute Gasteiger partial charge is 0.426 e. The summed E-state index contributed by atoms with van der Waals surface area (Å²) in [4.78, 5) is 36.6. The van der Waals surface area contributed by atoms with Gasteiger partial charge in [-0.25, -0.2) is 9.18 Å². The number of aromatic nitrogens is 1. The van der Waals surface area contributed by atoms with Gasteiger partial charge in [0.1, 0.15) is 5.82 Å². The maximum Gasteiger partial charge on any atom is 0.426 e. The van der Waals surface area contributed by atoms with Crippen LogP contribution < -0.4 is 10.9 Å². The van der Waals surface area contributed by atoms with Crippen LogP contribution in [-0.2, 0) is 10.2 Å². The minimum absolute atomic E-state index is 0.0299. The Balaban J connectivity index is 2.03. The molecule has 1 amide bonds. The molecule has 1 atom stereocenters. The Labute approximate surface area is 196 Å². The molecule has 1 aromatic heterocycles. The zero-order valence-electron chi connectivity index (χ0n) is 19.2. The summed E-state index contributed by atoms with van der Waals surface area (Å²) in [6.07, 6.45) is -6.63. The van der Waals surface area contributed by atoms with E-state index in [9.17, 15) is 37.1 Å². The van der Waals surface area contributed by atoms with Gasteiger partial charge in [-0.3, -0.25) is 9.59 Å². The smallest absolute Gasteiger partial charge is 0.373 e. The van der Waals surface area contributed by atoms with Gasteiger partial charge in [0, 0.05) is 23.1 Å². The van der Waals surface area contributed by atoms with E-state index in [-0.39, 0.29) is 33.3 Å². The zero-order valence-corrected chi connectivity index (χ0v) is 19.2. The number of anilines is 1. The molecule has 11 heteroatoms. The number of aliphatic hydroxyl groups is 1. The first-order valence-electron chi connectivity index (χ1n) is 10.4. The number of fused-ring (bicyclic) bond motifs is 1. The van der Waals surface area contributed by atoms with Gasteiger partial charge in [-0.15, -0.1) is 0 Å². The van der Waals surface area contributed by atoms with Gasteiger partial charge in [0.05, 0.1) is 11.1 Å². The molecule has 2 aromatic carbocycles. The Morgan fingerprint density at radius 1 is 1.09 bits per heavy atom. The van der Waals surface area contributed by atoms with Crippen molar-refractivity contribution in [1.82, 2.24) is 5.16 Å². The highest BCUT2D eigenvalue weighted by molar-refractivity contribution is 6.00. The first kappa shape index (κ1) is 26.0. The van der Waals surface area contributed by atoms with Gasteiger partial charge in [0.15, 0.2) is 5.78 Å². The lowest BCUT2D eigenvalue weighted by atomic mass is 9.72. The number of nitrogens with zero attached hydrogens (tertiary/aromatic N) is 1. The van der Waals surface area contributed by atoms with E-state index in [0.717, 1.165) is 18.2 Å². The summed E-state index contributed by atoms with van der Waals surface area (Å²) < 4.78 is 60.8. The van der Waals surface area contributed by atoms with Crippen molar-refractivity contribution in [1.29, 1.82) is 0 Å². The predicted molar refractivity (Wildman–Crippen MR) is 119 cm³/mol. The summed E-state index contributed by atoms with van der Waals surface area (Å²) in [5, 5.41) is 16.6. The SMILES string of the molecule is CC(=O)c1ccc(F)cc1C(C)(C)CC(O)(C(=O)Nc1ccc2c(=O)onc(C)c2c1)C(F)(F)F. The first-order chi connectivity index (χ1) is 16.1. The minimum Gasteiger partial charge on any atom is -0.373 e. The fourth-order valence-electron chi connectivity index (χ4n) is 3.97. The summed E-state index contributed by atoms with van der Waals surface area (Å²) >= 11 is 0. The molecule has 35 heavy (non-hydrogen) atoms. The summed E-state index contributed by atoms with van der Waals surface area (Å²) in [7, 11) is 0. The molecule has 0 spiro atoms. The topological polar surface area (TPSA) is 110 Å². The predicted octanol–water partition coefficient (Wildman–Crippen LogP) is 4.44. The Morgan fingerprint density at radius 2 is 1.74 bits per heavy atom. The van der Waals surface area contributed by atoms with Crippen LogP contribution in [0, 0.1) is 12.7 Å². The number of benzene rings is 2. The van der Waals surface area contributed by atoms with Crippen LogP contribution in [-0.4, -0.2) is 33.7 Å². The number of alkyl halides is 3. The molecule has 3 rings (SSSR count). The van der Waals surface area contributed by atoms with E-state index in [1.807, 2.05) is 5.32 Å². The molecule has 0 saturated carbocycles. The quantitative estimate of drug-likeness (QED) is 0.388. The van der Waals surface area contributed by atoms with E-state index in [1.54, 1.807) is 0 Å². The molecule has 1 unspecified atom stereocenters. The maximum atomic E-state index is 14.1. The number of amides is 1. The number of Topliss-reactive ketones (excluding diaryl/α,β-unsaturated/α-hetero) is 1. The lowest BCUT2D eigenvalue weighted by Gasteiger charge is -2.37. The fourth-order valence-corrected chi connectivity index (χ4v) is 3.97. The minimum atomic E-state index is -5.42. The van der Waals surface area contributed by atoms with E-state index < -0.39 is 46.7 Å². The number of halogens is 4. The second-order valence-electron chi connectivity index (χ2n) is 8.93. The van der Waals surface area contributed by atoms with Crippen LogP contribution in [0.2, 0.25) is 0 Å². The van der Waals surface area contributed by atoms with Crippen LogP contribution in [0.25, 0.3) is 10.8 Å². The maximum absolute atomic E-state index is 14.1. The van der Waals surface area contributed by atoms with Crippen LogP contribution in [0.1, 0.15) is 48.8 Å². The van der Waals surface area contributed by atoms with Crippen LogP contribution in [0.5, 0.6) is 0 Å². The van der Waals surface area contributed by atoms with Gasteiger partial charge in [0.2, 0.25) is 5.60 Å². The van der Waals surface area contributed by atoms with Gasteiger partial charge in [-0.05, 0) is 61.2 Å². The molecule has 3 aromatic rings. The number of nitrogens with one attached hydrogen (secondary N) is 1. The van der Waals surface area contributed by atoms with Gasteiger partial charge in [0.25, 0.3) is 5.91 Å². The first-order valence-corrected chi connectivity index (χ1v) is 10.4. The number of carbonyl (C=O) groups is 2. The molecule has 0 aliphatic heterocycles. The van der Waals surface area contributed by atoms with Crippen LogP contribution in [0.15, 0.2) is 45.7 Å². The number of rotatable bonds is 6. The number of hydrogen-bond acceptors (Lipinski definition) is 6. The third-order valence-electron chi connectivity index (χ3n) is 5.79. The molecule has 0 aliphatic carbocycles. The normalized spacial score (nSPS) is 14.0. The molecule has 1 heterocycles. The number of carbonyl (C=O) groups excluding carboxylic acids is 2. The Morgan fingerprint density at radius 3 is 2.34 bits per heavy atom. The third-order valence-corrected chi connectivity index (χ3v) is 5.79. The van der Waals surface area contributed by atoms with Crippen LogP contribution >= 0.6 is 0 Å². The third kappa shape index (κ3) is 4.95. The van der Waals surface area contributed by atoms with Gasteiger partial charge in [-0.2, -0.15) is 13.2 Å². The van der Waals surface area contributed by atoms with E-state index in [1.165, 1.54) is 45.9 Å². The molecule has 0 aliphatic rings. The number of ketones is 1. The summed E-state index contributed by atoms with van der Waals surface area (Å²) in [6.45, 7) is 5.20. The fraction of sp³-hybridized carbons (Fsp3) is 0.333. The van der Waals surface area contributed by atoms with Crippen molar-refractivity contribution in [3.05, 3.63) is 69.5 Å². The van der Waals surface area contributed by atoms with Gasteiger partial charge >= 0.3 is 11.8 Å². The Bertz CT molecular complexity index is 1380. The van der Waals surface area contributed by atoms with Crippen molar-refractivity contribution < 1.29 is 36.8 Å². The summed E-state index contributed by atoms with van der Waals surface area (Å²) in [6, 6.07) is 6.71. The highest BCUT2D eigenvalue weighted by atomic mass is 19.4. The Kier molecular flexibility index (Phi) is 6.60. The van der Waals surface area contributed by atoms with Crippen molar-refractivity contribution in [2.45, 2.75) is 51.3 Å². The van der Waals surface area contributed by atoms with E-state index in [0.29, 0.717) is 0 Å². The van der Waals surface area contributed by atoms with Crippen molar-refractivity contribution in [3.8, 4) is 0 Å². The molecular weight excluding hydrogens is 472 g/mol. The average molecular weight is 494 g/mol. The van der Waals surface area contributed by atoms with Crippen molar-refractivity contribution in [2.24, 2.45) is 0 Å². The molecule has 0 radical (unpaired) electrons. The lowest BCUT2D eigenvalue weighted by Crippen LogP contribution is -2.57. The average Bonchev–Trinajstić information content (AvgIpc) is 2.75. The molecule has 7 nitrogen and oxygen atoms in total.